The van der Waals surface area contributed by atoms with Crippen LogP contribution in [0.15, 0.2) is 53.9 Å². The smallest absolute Gasteiger partial charge is 0.266 e. The van der Waals surface area contributed by atoms with Crippen molar-refractivity contribution in [3.8, 4) is 16.9 Å². The molecule has 0 fully saturated rings. The Bertz CT molecular complexity index is 857. The fourth-order valence-corrected chi connectivity index (χ4v) is 2.21. The number of nitrogens with zero attached hydrogens (tertiary/aromatic N) is 1. The number of amides is 2. The van der Waals surface area contributed by atoms with Gasteiger partial charge in [0.2, 0.25) is 6.41 Å². The highest BCUT2D eigenvalue weighted by atomic mass is 16.5. The molecule has 0 aliphatic rings. The molecule has 0 saturated carbocycles. The summed E-state index contributed by atoms with van der Waals surface area (Å²) in [4.78, 5) is 22.0. The first kappa shape index (κ1) is 18.4. The molecule has 2 rings (SSSR count). The van der Waals surface area contributed by atoms with Gasteiger partial charge in [0.05, 0.1) is 24.7 Å². The van der Waals surface area contributed by atoms with Crippen molar-refractivity contribution < 1.29 is 14.3 Å². The number of benzene rings is 1. The average Bonchev–Trinajstić information content (AvgIpc) is 3.14. The normalized spacial score (nSPS) is 12.1. The number of aromatic nitrogens is 2. The third-order valence-electron chi connectivity index (χ3n) is 3.38. The quantitative estimate of drug-likeness (QED) is 0.213. The molecule has 0 unspecified atom stereocenters. The number of aromatic amines is 1. The Kier molecular flexibility index (Phi) is 5.83. The fraction of sp³-hybridized carbons (Fsp3) is 0.0625. The summed E-state index contributed by atoms with van der Waals surface area (Å²) < 4.78 is 5.49. The summed E-state index contributed by atoms with van der Waals surface area (Å²) in [6.45, 7) is 0. The Hall–Kier alpha value is -3.95. The van der Waals surface area contributed by atoms with E-state index in [0.29, 0.717) is 17.8 Å². The van der Waals surface area contributed by atoms with Crippen LogP contribution in [0, 0.1) is 0 Å². The Labute approximate surface area is 149 Å². The Morgan fingerprint density at radius 2 is 2.08 bits per heavy atom. The standard InChI is InChI=1S/C16H19N7O3/c1-26-15-10(9-6-21-22-7-9)3-2-4-11(15)23-12(14(18)16(19)25)5-13(17)20-8-24/h2-8,23H,17-18H2,1H3,(H2,19,25)(H,20,24)(H,21,22)/b13-5+,14-12+. The zero-order chi connectivity index (χ0) is 19.1. The first-order valence-corrected chi connectivity index (χ1v) is 7.38. The lowest BCUT2D eigenvalue weighted by Crippen LogP contribution is -2.25. The number of carbonyl (C=O) groups excluding carboxylic acids is 2. The molecule has 0 radical (unpaired) electrons. The van der Waals surface area contributed by atoms with Gasteiger partial charge in [-0.1, -0.05) is 12.1 Å². The van der Waals surface area contributed by atoms with E-state index >= 15 is 0 Å². The van der Waals surface area contributed by atoms with Crippen molar-refractivity contribution in [1.82, 2.24) is 15.5 Å². The molecule has 1 aromatic carbocycles. The first-order chi connectivity index (χ1) is 12.5. The van der Waals surface area contributed by atoms with Gasteiger partial charge in [0.15, 0.2) is 0 Å². The lowest BCUT2D eigenvalue weighted by Gasteiger charge is -2.16. The van der Waals surface area contributed by atoms with Crippen LogP contribution in [0.25, 0.3) is 11.1 Å². The first-order valence-electron chi connectivity index (χ1n) is 7.38. The van der Waals surface area contributed by atoms with Crippen molar-refractivity contribution in [1.29, 1.82) is 0 Å². The molecule has 0 aliphatic heterocycles. The Balaban J connectivity index is 2.51. The van der Waals surface area contributed by atoms with Gasteiger partial charge in [-0.15, -0.1) is 0 Å². The molecular weight excluding hydrogens is 338 g/mol. The Morgan fingerprint density at radius 1 is 1.31 bits per heavy atom. The molecule has 136 valence electrons. The lowest BCUT2D eigenvalue weighted by atomic mass is 10.1. The molecule has 2 aromatic rings. The number of ether oxygens (including phenoxy) is 1. The van der Waals surface area contributed by atoms with Crippen molar-refractivity contribution in [3.63, 3.8) is 0 Å². The summed E-state index contributed by atoms with van der Waals surface area (Å²) in [6, 6.07) is 5.34. The number of methoxy groups -OCH3 is 1. The van der Waals surface area contributed by atoms with Gasteiger partial charge in [-0.3, -0.25) is 14.7 Å². The largest absolute Gasteiger partial charge is 0.494 e. The maximum absolute atomic E-state index is 11.5. The molecule has 9 N–H and O–H groups in total. The number of carbonyl (C=O) groups is 2. The summed E-state index contributed by atoms with van der Waals surface area (Å²) in [5, 5.41) is 11.9. The predicted molar refractivity (Wildman–Crippen MR) is 96.1 cm³/mol. The monoisotopic (exact) mass is 357 g/mol. The molecule has 0 atom stereocenters. The molecule has 1 heterocycles. The number of primary amides is 1. The number of nitrogens with one attached hydrogen (secondary N) is 3. The van der Waals surface area contributed by atoms with Crippen molar-refractivity contribution in [2.45, 2.75) is 0 Å². The predicted octanol–water partition coefficient (Wildman–Crippen LogP) is -0.301. The van der Waals surface area contributed by atoms with E-state index in [1.807, 2.05) is 6.07 Å². The van der Waals surface area contributed by atoms with Gasteiger partial charge in [-0.2, -0.15) is 5.10 Å². The highest BCUT2D eigenvalue weighted by Gasteiger charge is 2.15. The van der Waals surface area contributed by atoms with Crippen LogP contribution in [0.2, 0.25) is 0 Å². The van der Waals surface area contributed by atoms with Gasteiger partial charge >= 0.3 is 0 Å². The number of hydrogen-bond donors (Lipinski definition) is 6. The number of hydrogen-bond acceptors (Lipinski definition) is 7. The van der Waals surface area contributed by atoms with E-state index in [2.05, 4.69) is 20.8 Å². The van der Waals surface area contributed by atoms with E-state index in [0.717, 1.165) is 11.1 Å². The highest BCUT2D eigenvalue weighted by Crippen LogP contribution is 2.36. The number of para-hydroxylation sites is 1. The maximum atomic E-state index is 11.5. The minimum Gasteiger partial charge on any atom is -0.494 e. The molecule has 0 bridgehead atoms. The molecular formula is C16H19N7O3. The molecule has 26 heavy (non-hydrogen) atoms. The van der Waals surface area contributed by atoms with Gasteiger partial charge in [0, 0.05) is 23.4 Å². The minimum absolute atomic E-state index is 0.0309. The second kappa shape index (κ2) is 8.24. The van der Waals surface area contributed by atoms with Gasteiger partial charge in [0.1, 0.15) is 17.3 Å². The minimum atomic E-state index is -0.854. The van der Waals surface area contributed by atoms with Crippen LogP contribution in [-0.4, -0.2) is 29.6 Å². The van der Waals surface area contributed by atoms with E-state index in [9.17, 15) is 9.59 Å². The van der Waals surface area contributed by atoms with E-state index < -0.39 is 5.91 Å². The molecule has 10 nitrogen and oxygen atoms in total. The second-order valence-corrected chi connectivity index (χ2v) is 5.05. The number of nitrogens with two attached hydrogens (primary N) is 3. The maximum Gasteiger partial charge on any atom is 0.266 e. The van der Waals surface area contributed by atoms with Gasteiger partial charge in [-0.05, 0) is 6.07 Å². The lowest BCUT2D eigenvalue weighted by molar-refractivity contribution is -0.114. The number of allylic oxidation sites excluding steroid dienone is 1. The van der Waals surface area contributed by atoms with Crippen LogP contribution in [0.4, 0.5) is 5.69 Å². The molecule has 10 heteroatoms. The summed E-state index contributed by atoms with van der Waals surface area (Å²) >= 11 is 0. The third-order valence-corrected chi connectivity index (χ3v) is 3.38. The SMILES string of the molecule is COc1c(NC(/C=C(\N)NC=O)=C(/N)C(N)=O)cccc1-c1cn[nH]c1. The van der Waals surface area contributed by atoms with Gasteiger partial charge in [0.25, 0.3) is 5.91 Å². The van der Waals surface area contributed by atoms with Crippen LogP contribution in [-0.2, 0) is 9.59 Å². The fourth-order valence-electron chi connectivity index (χ4n) is 2.21. The number of H-pyrrole nitrogens is 1. The number of rotatable bonds is 8. The van der Waals surface area contributed by atoms with Crippen LogP contribution >= 0.6 is 0 Å². The Morgan fingerprint density at radius 3 is 2.65 bits per heavy atom. The van der Waals surface area contributed by atoms with Crippen molar-refractivity contribution in [2.24, 2.45) is 17.2 Å². The van der Waals surface area contributed by atoms with Crippen LogP contribution < -0.4 is 32.6 Å². The van der Waals surface area contributed by atoms with Crippen LogP contribution in [0.3, 0.4) is 0 Å². The highest BCUT2D eigenvalue weighted by molar-refractivity contribution is 5.93. The van der Waals surface area contributed by atoms with E-state index in [-0.39, 0.29) is 17.2 Å². The topological polar surface area (TPSA) is 174 Å². The van der Waals surface area contributed by atoms with Crippen molar-refractivity contribution in [3.05, 3.63) is 53.9 Å². The van der Waals surface area contributed by atoms with E-state index in [1.54, 1.807) is 24.5 Å². The van der Waals surface area contributed by atoms with Crippen LogP contribution in [0.1, 0.15) is 0 Å². The zero-order valence-corrected chi connectivity index (χ0v) is 13.9. The summed E-state index contributed by atoms with van der Waals surface area (Å²) in [5.74, 6) is -0.400. The molecule has 0 saturated heterocycles. The van der Waals surface area contributed by atoms with Crippen molar-refractivity contribution in [2.75, 3.05) is 12.4 Å². The van der Waals surface area contributed by atoms with Crippen molar-refractivity contribution >= 4 is 18.0 Å². The van der Waals surface area contributed by atoms with E-state index in [1.165, 1.54) is 13.2 Å². The molecule has 2 amide bonds. The van der Waals surface area contributed by atoms with Crippen LogP contribution in [0.5, 0.6) is 5.75 Å². The van der Waals surface area contributed by atoms with Gasteiger partial charge in [-0.25, -0.2) is 0 Å². The molecule has 1 aromatic heterocycles. The average molecular weight is 357 g/mol. The van der Waals surface area contributed by atoms with Gasteiger partial charge < -0.3 is 32.6 Å². The second-order valence-electron chi connectivity index (χ2n) is 5.05. The zero-order valence-electron chi connectivity index (χ0n) is 13.9. The number of anilines is 1. The molecule has 0 aliphatic carbocycles. The third kappa shape index (κ3) is 4.12. The summed E-state index contributed by atoms with van der Waals surface area (Å²) in [7, 11) is 1.50. The summed E-state index contributed by atoms with van der Waals surface area (Å²) in [5.41, 5.74) is 18.5. The summed E-state index contributed by atoms with van der Waals surface area (Å²) in [6.07, 6.45) is 5.02. The molecule has 0 spiro atoms. The van der Waals surface area contributed by atoms with E-state index in [4.69, 9.17) is 21.9 Å².